The fourth-order valence-electron chi connectivity index (χ4n) is 3.55. The van der Waals surface area contributed by atoms with Crippen LogP contribution in [0.3, 0.4) is 0 Å². The van der Waals surface area contributed by atoms with E-state index in [0.717, 1.165) is 50.2 Å². The van der Waals surface area contributed by atoms with Crippen LogP contribution >= 0.6 is 0 Å². The fraction of sp³-hybridized carbons (Fsp3) is 0.667. The van der Waals surface area contributed by atoms with Crippen LogP contribution in [-0.4, -0.2) is 41.4 Å². The zero-order valence-electron chi connectivity index (χ0n) is 14.2. The predicted octanol–water partition coefficient (Wildman–Crippen LogP) is 2.17. The maximum absolute atomic E-state index is 12.1. The van der Waals surface area contributed by atoms with Crippen molar-refractivity contribution in [3.63, 3.8) is 0 Å². The van der Waals surface area contributed by atoms with Crippen molar-refractivity contribution in [1.82, 2.24) is 15.6 Å². The summed E-state index contributed by atoms with van der Waals surface area (Å²) in [7, 11) is 0. The average Bonchev–Trinajstić information content (AvgIpc) is 2.63. The van der Waals surface area contributed by atoms with Crippen molar-refractivity contribution in [2.24, 2.45) is 0 Å². The van der Waals surface area contributed by atoms with E-state index < -0.39 is 6.10 Å². The molecule has 1 saturated heterocycles. The minimum Gasteiger partial charge on any atom is -0.391 e. The molecule has 6 nitrogen and oxygen atoms in total. The molecule has 132 valence electrons. The topological polar surface area (TPSA) is 77.5 Å². The molecule has 2 atom stereocenters. The number of piperidine rings is 1. The van der Waals surface area contributed by atoms with E-state index in [1.54, 1.807) is 0 Å². The lowest BCUT2D eigenvalue weighted by atomic mass is 9.93. The number of urea groups is 1. The highest BCUT2D eigenvalue weighted by molar-refractivity contribution is 5.74. The zero-order valence-corrected chi connectivity index (χ0v) is 14.2. The summed E-state index contributed by atoms with van der Waals surface area (Å²) in [5.74, 6) is 0.997. The maximum atomic E-state index is 12.1. The number of carbonyl (C=O) groups excluding carboxylic acids is 1. The molecule has 3 N–H and O–H groups in total. The number of carbonyl (C=O) groups is 1. The van der Waals surface area contributed by atoms with Crippen molar-refractivity contribution in [2.75, 3.05) is 18.0 Å². The molecule has 24 heavy (non-hydrogen) atoms. The molecule has 1 aromatic heterocycles. The van der Waals surface area contributed by atoms with Crippen molar-refractivity contribution in [3.05, 3.63) is 23.9 Å². The lowest BCUT2D eigenvalue weighted by molar-refractivity contribution is 0.0943. The molecule has 6 heteroatoms. The predicted molar refractivity (Wildman–Crippen MR) is 93.9 cm³/mol. The minimum atomic E-state index is -0.420. The van der Waals surface area contributed by atoms with Gasteiger partial charge in [-0.3, -0.25) is 0 Å². The van der Waals surface area contributed by atoms with Gasteiger partial charge in [-0.25, -0.2) is 9.78 Å². The molecule has 2 aliphatic rings. The first kappa shape index (κ1) is 17.0. The van der Waals surface area contributed by atoms with Gasteiger partial charge >= 0.3 is 6.03 Å². The molecule has 2 fully saturated rings. The van der Waals surface area contributed by atoms with Crippen LogP contribution in [0, 0.1) is 0 Å². The van der Waals surface area contributed by atoms with E-state index in [4.69, 9.17) is 0 Å². The molecule has 2 heterocycles. The number of anilines is 1. The molecule has 1 aliphatic heterocycles. The second kappa shape index (κ2) is 8.33. The van der Waals surface area contributed by atoms with Gasteiger partial charge in [0, 0.05) is 25.8 Å². The fourth-order valence-corrected chi connectivity index (χ4v) is 3.55. The van der Waals surface area contributed by atoms with E-state index in [0.29, 0.717) is 6.54 Å². The molecule has 3 rings (SSSR count). The maximum Gasteiger partial charge on any atom is 0.315 e. The number of pyridine rings is 1. The first-order chi connectivity index (χ1) is 11.7. The standard InChI is InChI=1S/C18H28N4O2/c23-16-7-3-2-6-15(16)21-18(24)20-13-14-8-9-19-17(12-14)22-10-4-1-5-11-22/h8-9,12,15-16,23H,1-7,10-11,13H2,(H2,20,21,24). The molecule has 0 spiro atoms. The summed E-state index contributed by atoms with van der Waals surface area (Å²) in [6.45, 7) is 2.59. The van der Waals surface area contributed by atoms with Crippen LogP contribution in [-0.2, 0) is 6.54 Å². The van der Waals surface area contributed by atoms with Gasteiger partial charge in [-0.05, 0) is 49.8 Å². The van der Waals surface area contributed by atoms with Gasteiger partial charge in [0.25, 0.3) is 0 Å². The van der Waals surface area contributed by atoms with E-state index in [1.807, 2.05) is 12.3 Å². The molecule has 1 aliphatic carbocycles. The Morgan fingerprint density at radius 1 is 1.21 bits per heavy atom. The van der Waals surface area contributed by atoms with Gasteiger partial charge in [0.15, 0.2) is 0 Å². The Hall–Kier alpha value is -1.82. The summed E-state index contributed by atoms with van der Waals surface area (Å²) >= 11 is 0. The highest BCUT2D eigenvalue weighted by Crippen LogP contribution is 2.19. The summed E-state index contributed by atoms with van der Waals surface area (Å²) in [4.78, 5) is 18.8. The van der Waals surface area contributed by atoms with E-state index >= 15 is 0 Å². The third-order valence-electron chi connectivity index (χ3n) is 4.99. The Kier molecular flexibility index (Phi) is 5.91. The Bertz CT molecular complexity index is 546. The molecule has 0 bridgehead atoms. The smallest absolute Gasteiger partial charge is 0.315 e. The molecule has 2 unspecified atom stereocenters. The summed E-state index contributed by atoms with van der Waals surface area (Å²) in [6, 6.07) is 3.65. The SMILES string of the molecule is O=C(NCc1ccnc(N2CCCCC2)c1)NC1CCCCC1O. The van der Waals surface area contributed by atoms with E-state index in [2.05, 4.69) is 26.6 Å². The van der Waals surface area contributed by atoms with Crippen LogP contribution in [0.1, 0.15) is 50.5 Å². The van der Waals surface area contributed by atoms with E-state index in [9.17, 15) is 9.90 Å². The van der Waals surface area contributed by atoms with Crippen LogP contribution < -0.4 is 15.5 Å². The van der Waals surface area contributed by atoms with Crippen molar-refractivity contribution < 1.29 is 9.90 Å². The first-order valence-electron chi connectivity index (χ1n) is 9.15. The van der Waals surface area contributed by atoms with Crippen molar-refractivity contribution in [2.45, 2.75) is 63.6 Å². The zero-order chi connectivity index (χ0) is 16.8. The van der Waals surface area contributed by atoms with Gasteiger partial charge in [-0.2, -0.15) is 0 Å². The molecular weight excluding hydrogens is 304 g/mol. The van der Waals surface area contributed by atoms with E-state index in [1.165, 1.54) is 19.3 Å². The largest absolute Gasteiger partial charge is 0.391 e. The number of hydrogen-bond donors (Lipinski definition) is 3. The minimum absolute atomic E-state index is 0.125. The second-order valence-electron chi connectivity index (χ2n) is 6.86. The number of aromatic nitrogens is 1. The van der Waals surface area contributed by atoms with Crippen LogP contribution in [0.15, 0.2) is 18.3 Å². The molecular formula is C18H28N4O2. The normalized spacial score (nSPS) is 24.5. The number of aliphatic hydroxyl groups excluding tert-OH is 1. The average molecular weight is 332 g/mol. The lowest BCUT2D eigenvalue weighted by Gasteiger charge is -2.28. The van der Waals surface area contributed by atoms with Crippen LogP contribution in [0.5, 0.6) is 0 Å². The monoisotopic (exact) mass is 332 g/mol. The van der Waals surface area contributed by atoms with Gasteiger partial charge in [-0.1, -0.05) is 12.8 Å². The van der Waals surface area contributed by atoms with Crippen molar-refractivity contribution in [3.8, 4) is 0 Å². The number of rotatable bonds is 4. The molecule has 0 radical (unpaired) electrons. The van der Waals surface area contributed by atoms with Gasteiger partial charge in [0.05, 0.1) is 12.1 Å². The molecule has 2 amide bonds. The second-order valence-corrected chi connectivity index (χ2v) is 6.86. The Morgan fingerprint density at radius 2 is 2.00 bits per heavy atom. The van der Waals surface area contributed by atoms with Crippen LogP contribution in [0.4, 0.5) is 10.6 Å². The highest BCUT2D eigenvalue weighted by Gasteiger charge is 2.24. The van der Waals surface area contributed by atoms with E-state index in [-0.39, 0.29) is 12.1 Å². The van der Waals surface area contributed by atoms with Gasteiger partial charge in [-0.15, -0.1) is 0 Å². The van der Waals surface area contributed by atoms with Crippen molar-refractivity contribution in [1.29, 1.82) is 0 Å². The molecule has 1 aromatic rings. The van der Waals surface area contributed by atoms with Crippen molar-refractivity contribution >= 4 is 11.8 Å². The van der Waals surface area contributed by atoms with Gasteiger partial charge < -0.3 is 20.6 Å². The highest BCUT2D eigenvalue weighted by atomic mass is 16.3. The lowest BCUT2D eigenvalue weighted by Crippen LogP contribution is -2.48. The first-order valence-corrected chi connectivity index (χ1v) is 9.15. The Balaban J connectivity index is 1.49. The number of amides is 2. The number of nitrogens with zero attached hydrogens (tertiary/aromatic N) is 2. The van der Waals surface area contributed by atoms with Gasteiger partial charge in [0.1, 0.15) is 5.82 Å². The number of hydrogen-bond acceptors (Lipinski definition) is 4. The Morgan fingerprint density at radius 3 is 2.79 bits per heavy atom. The van der Waals surface area contributed by atoms with Crippen LogP contribution in [0.2, 0.25) is 0 Å². The number of nitrogens with one attached hydrogen (secondary N) is 2. The third kappa shape index (κ3) is 4.60. The summed E-state index contributed by atoms with van der Waals surface area (Å²) in [5.41, 5.74) is 1.05. The third-order valence-corrected chi connectivity index (χ3v) is 4.99. The Labute approximate surface area is 143 Å². The molecule has 1 saturated carbocycles. The summed E-state index contributed by atoms with van der Waals surface area (Å²) in [6.07, 6.45) is 8.85. The van der Waals surface area contributed by atoms with Gasteiger partial charge in [0.2, 0.25) is 0 Å². The van der Waals surface area contributed by atoms with Crippen LogP contribution in [0.25, 0.3) is 0 Å². The summed E-state index contributed by atoms with van der Waals surface area (Å²) in [5, 5.41) is 15.7. The quantitative estimate of drug-likeness (QED) is 0.790. The summed E-state index contributed by atoms with van der Waals surface area (Å²) < 4.78 is 0. The number of aliphatic hydroxyl groups is 1. The molecule has 0 aromatic carbocycles.